The molecule has 0 saturated carbocycles. The van der Waals surface area contributed by atoms with E-state index in [0.29, 0.717) is 11.7 Å². The minimum atomic E-state index is -0.169. The van der Waals surface area contributed by atoms with Crippen LogP contribution in [0.3, 0.4) is 0 Å². The van der Waals surface area contributed by atoms with Crippen LogP contribution >= 0.6 is 11.3 Å². The molecule has 1 aliphatic heterocycles. The van der Waals surface area contributed by atoms with E-state index < -0.39 is 0 Å². The summed E-state index contributed by atoms with van der Waals surface area (Å²) in [6.07, 6.45) is 2.33. The van der Waals surface area contributed by atoms with Crippen molar-refractivity contribution < 1.29 is 9.59 Å². The highest BCUT2D eigenvalue weighted by Gasteiger charge is 2.27. The third-order valence-electron chi connectivity index (χ3n) is 5.41. The number of piperidine rings is 1. The molecule has 2 N–H and O–H groups in total. The number of nitrogens with one attached hydrogen (secondary N) is 2. The molecule has 2 aromatic heterocycles. The first kappa shape index (κ1) is 19.6. The lowest BCUT2D eigenvalue weighted by molar-refractivity contribution is -0.134. The lowest BCUT2D eigenvalue weighted by Crippen LogP contribution is -2.39. The number of aromatic amines is 1. The van der Waals surface area contributed by atoms with Crippen LogP contribution in [0.4, 0.5) is 5.13 Å². The van der Waals surface area contributed by atoms with Crippen molar-refractivity contribution in [2.24, 2.45) is 0 Å². The van der Waals surface area contributed by atoms with E-state index >= 15 is 0 Å². The van der Waals surface area contributed by atoms with Crippen molar-refractivity contribution in [3.8, 4) is 0 Å². The second kappa shape index (κ2) is 8.32. The fourth-order valence-electron chi connectivity index (χ4n) is 3.68. The molecule has 0 radical (unpaired) electrons. The fraction of sp³-hybridized carbons (Fsp3) is 0.429. The van der Waals surface area contributed by atoms with E-state index in [0.717, 1.165) is 46.8 Å². The van der Waals surface area contributed by atoms with Gasteiger partial charge in [0, 0.05) is 36.7 Å². The number of likely N-dealkylation sites (tertiary alicyclic amines) is 1. The Morgan fingerprint density at radius 1 is 1.24 bits per heavy atom. The van der Waals surface area contributed by atoms with Crippen LogP contribution in [0.1, 0.15) is 48.0 Å². The Bertz CT molecular complexity index is 988. The molecule has 3 aromatic rings. The molecule has 29 heavy (non-hydrogen) atoms. The van der Waals surface area contributed by atoms with Crippen LogP contribution < -0.4 is 5.32 Å². The molecule has 0 aliphatic carbocycles. The lowest BCUT2D eigenvalue weighted by atomic mass is 9.97. The van der Waals surface area contributed by atoms with E-state index in [1.165, 1.54) is 11.3 Å². The third-order valence-corrected chi connectivity index (χ3v) is 6.40. The maximum absolute atomic E-state index is 12.7. The van der Waals surface area contributed by atoms with Crippen molar-refractivity contribution >= 4 is 39.3 Å². The molecule has 4 rings (SSSR count). The van der Waals surface area contributed by atoms with E-state index in [9.17, 15) is 9.59 Å². The van der Waals surface area contributed by atoms with Gasteiger partial charge in [-0.2, -0.15) is 0 Å². The number of fused-ring (bicyclic) bond motifs is 1. The molecular weight excluding hydrogens is 386 g/mol. The van der Waals surface area contributed by atoms with Crippen molar-refractivity contribution in [3.63, 3.8) is 0 Å². The second-order valence-corrected chi connectivity index (χ2v) is 8.73. The number of carbonyl (C=O) groups is 2. The van der Waals surface area contributed by atoms with Gasteiger partial charge in [0.1, 0.15) is 5.82 Å². The topological polar surface area (TPSA) is 91.0 Å². The summed E-state index contributed by atoms with van der Waals surface area (Å²) in [6, 6.07) is 7.97. The van der Waals surface area contributed by atoms with Gasteiger partial charge in [0.05, 0.1) is 16.7 Å². The van der Waals surface area contributed by atoms with Gasteiger partial charge in [-0.05, 0) is 38.8 Å². The van der Waals surface area contributed by atoms with Gasteiger partial charge in [-0.25, -0.2) is 9.97 Å². The number of carbonyl (C=O) groups excluding carboxylic acids is 2. The van der Waals surface area contributed by atoms with Crippen LogP contribution in [0.2, 0.25) is 0 Å². The summed E-state index contributed by atoms with van der Waals surface area (Å²) in [4.78, 5) is 40.2. The Kier molecular flexibility index (Phi) is 5.62. The zero-order chi connectivity index (χ0) is 20.4. The van der Waals surface area contributed by atoms with Gasteiger partial charge in [-0.15, -0.1) is 11.3 Å². The minimum absolute atomic E-state index is 0.0208. The summed E-state index contributed by atoms with van der Waals surface area (Å²) in [5.41, 5.74) is 2.90. The second-order valence-electron chi connectivity index (χ2n) is 7.53. The van der Waals surface area contributed by atoms with Gasteiger partial charge in [0.25, 0.3) is 0 Å². The molecule has 0 spiro atoms. The van der Waals surface area contributed by atoms with Crippen molar-refractivity contribution in [3.05, 3.63) is 40.7 Å². The Hall–Kier alpha value is -2.74. The van der Waals surface area contributed by atoms with Crippen LogP contribution in [0.5, 0.6) is 0 Å². The van der Waals surface area contributed by atoms with E-state index in [-0.39, 0.29) is 30.6 Å². The number of H-pyrrole nitrogens is 1. The number of anilines is 1. The number of aromatic nitrogens is 3. The van der Waals surface area contributed by atoms with Crippen LogP contribution in [0, 0.1) is 13.8 Å². The predicted octanol–water partition coefficient (Wildman–Crippen LogP) is 3.76. The lowest BCUT2D eigenvalue weighted by Gasteiger charge is -2.32. The zero-order valence-corrected chi connectivity index (χ0v) is 17.5. The molecule has 3 heterocycles. The quantitative estimate of drug-likeness (QED) is 0.669. The molecule has 1 saturated heterocycles. The first-order valence-electron chi connectivity index (χ1n) is 9.96. The molecular formula is C21H25N5O2S. The first-order chi connectivity index (χ1) is 14.0. The number of aryl methyl sites for hydroxylation is 2. The number of hydrogen-bond acceptors (Lipinski definition) is 5. The van der Waals surface area contributed by atoms with Crippen molar-refractivity contribution in [1.29, 1.82) is 0 Å². The van der Waals surface area contributed by atoms with E-state index in [1.54, 1.807) is 0 Å². The van der Waals surface area contributed by atoms with Gasteiger partial charge < -0.3 is 15.2 Å². The van der Waals surface area contributed by atoms with Crippen LogP contribution in [0.15, 0.2) is 24.3 Å². The summed E-state index contributed by atoms with van der Waals surface area (Å²) >= 11 is 1.46. The highest BCUT2D eigenvalue weighted by Crippen LogP contribution is 2.27. The van der Waals surface area contributed by atoms with Gasteiger partial charge in [-0.3, -0.25) is 9.59 Å². The van der Waals surface area contributed by atoms with E-state index in [1.807, 2.05) is 43.0 Å². The summed E-state index contributed by atoms with van der Waals surface area (Å²) in [5.74, 6) is 0.997. The number of imidazole rings is 1. The number of hydrogen-bond donors (Lipinski definition) is 2. The minimum Gasteiger partial charge on any atom is -0.342 e. The smallest absolute Gasteiger partial charge is 0.226 e. The van der Waals surface area contributed by atoms with Gasteiger partial charge >= 0.3 is 0 Å². The summed E-state index contributed by atoms with van der Waals surface area (Å²) in [6.45, 7) is 5.27. The summed E-state index contributed by atoms with van der Waals surface area (Å²) < 4.78 is 0. The Balaban J connectivity index is 1.31. The molecule has 8 heteroatoms. The maximum Gasteiger partial charge on any atom is 0.226 e. The zero-order valence-electron chi connectivity index (χ0n) is 16.7. The fourth-order valence-corrected chi connectivity index (χ4v) is 4.51. The number of rotatable bonds is 5. The molecule has 0 bridgehead atoms. The number of nitrogens with zero attached hydrogens (tertiary/aromatic N) is 3. The van der Waals surface area contributed by atoms with Crippen LogP contribution in [-0.2, 0) is 9.59 Å². The highest BCUT2D eigenvalue weighted by atomic mass is 32.1. The molecule has 1 unspecified atom stereocenters. The number of thiazole rings is 1. The van der Waals surface area contributed by atoms with Crippen molar-refractivity contribution in [1.82, 2.24) is 19.9 Å². The molecule has 152 valence electrons. The maximum atomic E-state index is 12.7. The standard InChI is InChI=1S/C21H25N5O2S/c1-13-14(2)29-21(22-13)25-18(27)9-10-19(28)26-11-5-6-15(12-26)20-23-16-7-3-4-8-17(16)24-20/h3-4,7-8,15H,5-6,9-12H2,1-2H3,(H,23,24)(H,22,25,27). The normalized spacial score (nSPS) is 16.9. The summed E-state index contributed by atoms with van der Waals surface area (Å²) in [5, 5.41) is 3.39. The summed E-state index contributed by atoms with van der Waals surface area (Å²) in [7, 11) is 0. The monoisotopic (exact) mass is 411 g/mol. The Labute approximate surface area is 173 Å². The van der Waals surface area contributed by atoms with E-state index in [4.69, 9.17) is 4.98 Å². The number of amides is 2. The molecule has 2 amide bonds. The number of para-hydroxylation sites is 2. The first-order valence-corrected chi connectivity index (χ1v) is 10.8. The largest absolute Gasteiger partial charge is 0.342 e. The highest BCUT2D eigenvalue weighted by molar-refractivity contribution is 7.15. The molecule has 7 nitrogen and oxygen atoms in total. The Morgan fingerprint density at radius 2 is 2.07 bits per heavy atom. The molecule has 1 fully saturated rings. The number of benzene rings is 1. The molecule has 1 aliphatic rings. The molecule has 1 aromatic carbocycles. The predicted molar refractivity (Wildman–Crippen MR) is 114 cm³/mol. The third kappa shape index (κ3) is 4.48. The molecule has 1 atom stereocenters. The van der Waals surface area contributed by atoms with Crippen molar-refractivity contribution in [2.75, 3.05) is 18.4 Å². The van der Waals surface area contributed by atoms with E-state index in [2.05, 4.69) is 15.3 Å². The van der Waals surface area contributed by atoms with Crippen LogP contribution in [-0.4, -0.2) is 44.8 Å². The van der Waals surface area contributed by atoms with Gasteiger partial charge in [-0.1, -0.05) is 12.1 Å². The average molecular weight is 412 g/mol. The van der Waals surface area contributed by atoms with Gasteiger partial charge in [0.15, 0.2) is 5.13 Å². The van der Waals surface area contributed by atoms with Gasteiger partial charge in [0.2, 0.25) is 11.8 Å². The van der Waals surface area contributed by atoms with Crippen molar-refractivity contribution in [2.45, 2.75) is 45.4 Å². The Morgan fingerprint density at radius 3 is 2.83 bits per heavy atom. The average Bonchev–Trinajstić information content (AvgIpc) is 3.29. The van der Waals surface area contributed by atoms with Crippen LogP contribution in [0.25, 0.3) is 11.0 Å². The SMILES string of the molecule is Cc1nc(NC(=O)CCC(=O)N2CCCC(c3nc4ccccc4[nH]3)C2)sc1C.